The van der Waals surface area contributed by atoms with Crippen molar-refractivity contribution in [1.29, 1.82) is 0 Å². The van der Waals surface area contributed by atoms with Crippen LogP contribution >= 0.6 is 0 Å². The number of rotatable bonds is 3. The Labute approximate surface area is 94.8 Å². The Balaban J connectivity index is 1.65. The summed E-state index contributed by atoms with van der Waals surface area (Å²) in [6, 6.07) is 0.869. The van der Waals surface area contributed by atoms with Gasteiger partial charge in [-0.05, 0) is 38.0 Å². The van der Waals surface area contributed by atoms with E-state index in [1.165, 1.54) is 25.7 Å². The van der Waals surface area contributed by atoms with Gasteiger partial charge in [-0.1, -0.05) is 11.5 Å². The fourth-order valence-electron chi connectivity index (χ4n) is 3.06. The lowest BCUT2D eigenvalue weighted by molar-refractivity contribution is 0.418. The van der Waals surface area contributed by atoms with Gasteiger partial charge in [-0.3, -0.25) is 0 Å². The van der Waals surface area contributed by atoms with Crippen molar-refractivity contribution in [2.24, 2.45) is 17.6 Å². The summed E-state index contributed by atoms with van der Waals surface area (Å²) in [6.45, 7) is 1.84. The molecule has 0 saturated heterocycles. The number of hydrogen-bond donors (Lipinski definition) is 2. The summed E-state index contributed by atoms with van der Waals surface area (Å²) in [5.41, 5.74) is 5.67. The second-order valence-corrected chi connectivity index (χ2v) is 5.16. The van der Waals surface area contributed by atoms with E-state index >= 15 is 0 Å². The van der Waals surface area contributed by atoms with Gasteiger partial charge in [0.2, 0.25) is 5.89 Å². The summed E-state index contributed by atoms with van der Waals surface area (Å²) >= 11 is 0. The first-order valence-corrected chi connectivity index (χ1v) is 6.08. The highest BCUT2D eigenvalue weighted by molar-refractivity contribution is 5.22. The van der Waals surface area contributed by atoms with Crippen molar-refractivity contribution in [2.75, 3.05) is 5.32 Å². The number of hydrogen-bond acceptors (Lipinski definition) is 5. The van der Waals surface area contributed by atoms with Gasteiger partial charge in [0.25, 0.3) is 0 Å². The minimum absolute atomic E-state index is 0.192. The van der Waals surface area contributed by atoms with Gasteiger partial charge in [-0.15, -0.1) is 5.10 Å². The van der Waals surface area contributed by atoms with Crippen LogP contribution in [0.2, 0.25) is 0 Å². The third-order valence-corrected chi connectivity index (χ3v) is 3.88. The molecule has 2 aliphatic rings. The predicted molar refractivity (Wildman–Crippen MR) is 59.8 cm³/mol. The summed E-state index contributed by atoms with van der Waals surface area (Å²) in [4.78, 5) is 0. The van der Waals surface area contributed by atoms with Crippen LogP contribution in [0.3, 0.4) is 0 Å². The minimum Gasteiger partial charge on any atom is -0.406 e. The first-order chi connectivity index (χ1) is 7.72. The Morgan fingerprint density at radius 1 is 1.38 bits per heavy atom. The zero-order valence-electron chi connectivity index (χ0n) is 9.52. The quantitative estimate of drug-likeness (QED) is 0.813. The molecule has 1 heterocycles. The van der Waals surface area contributed by atoms with Gasteiger partial charge >= 0.3 is 6.01 Å². The second kappa shape index (κ2) is 3.73. The van der Waals surface area contributed by atoms with Crippen LogP contribution < -0.4 is 11.1 Å². The first kappa shape index (κ1) is 10.1. The van der Waals surface area contributed by atoms with E-state index in [0.29, 0.717) is 17.9 Å². The summed E-state index contributed by atoms with van der Waals surface area (Å²) in [7, 11) is 0. The molecule has 0 amide bonds. The van der Waals surface area contributed by atoms with Crippen LogP contribution in [-0.4, -0.2) is 16.2 Å². The molecule has 3 rings (SSSR count). The Bertz CT molecular complexity index is 376. The third kappa shape index (κ3) is 1.69. The number of anilines is 1. The molecule has 0 aliphatic heterocycles. The highest BCUT2D eigenvalue weighted by atomic mass is 16.4. The van der Waals surface area contributed by atoms with Crippen molar-refractivity contribution in [2.45, 2.75) is 44.7 Å². The zero-order chi connectivity index (χ0) is 11.1. The monoisotopic (exact) mass is 222 g/mol. The molecule has 2 bridgehead atoms. The van der Waals surface area contributed by atoms with Crippen LogP contribution in [0.4, 0.5) is 6.01 Å². The molecule has 1 aromatic rings. The highest BCUT2D eigenvalue weighted by Crippen LogP contribution is 2.45. The number of nitrogens with zero attached hydrogens (tertiary/aromatic N) is 2. The van der Waals surface area contributed by atoms with E-state index in [9.17, 15) is 0 Å². The molecule has 0 radical (unpaired) electrons. The van der Waals surface area contributed by atoms with Gasteiger partial charge in [-0.2, -0.15) is 0 Å². The van der Waals surface area contributed by atoms with E-state index < -0.39 is 0 Å². The smallest absolute Gasteiger partial charge is 0.315 e. The third-order valence-electron chi connectivity index (χ3n) is 3.88. The van der Waals surface area contributed by atoms with Crippen molar-refractivity contribution in [3.05, 3.63) is 5.89 Å². The second-order valence-electron chi connectivity index (χ2n) is 5.16. The van der Waals surface area contributed by atoms with Crippen LogP contribution in [0.25, 0.3) is 0 Å². The first-order valence-electron chi connectivity index (χ1n) is 6.08. The largest absolute Gasteiger partial charge is 0.406 e. The fraction of sp³-hybridized carbons (Fsp3) is 0.818. The fourth-order valence-corrected chi connectivity index (χ4v) is 3.06. The molecule has 4 atom stereocenters. The zero-order valence-corrected chi connectivity index (χ0v) is 9.52. The molecule has 2 fully saturated rings. The molecular formula is C11H18N4O. The number of fused-ring (bicyclic) bond motifs is 2. The maximum absolute atomic E-state index is 5.67. The Kier molecular flexibility index (Phi) is 2.35. The standard InChI is InChI=1S/C11H18N4O/c1-6(12)10-14-15-11(16-10)13-9-5-7-2-3-8(9)4-7/h6-9H,2-5,12H2,1H3,(H,13,15). The van der Waals surface area contributed by atoms with Gasteiger partial charge in [0.15, 0.2) is 0 Å². The maximum Gasteiger partial charge on any atom is 0.315 e. The molecule has 0 spiro atoms. The molecule has 0 aromatic carbocycles. The van der Waals surface area contributed by atoms with Crippen molar-refractivity contribution >= 4 is 6.01 Å². The van der Waals surface area contributed by atoms with Crippen molar-refractivity contribution < 1.29 is 4.42 Å². The summed E-state index contributed by atoms with van der Waals surface area (Å²) in [5.74, 6) is 2.22. The SMILES string of the molecule is CC(N)c1nnc(NC2CC3CCC2C3)o1. The molecule has 2 saturated carbocycles. The minimum atomic E-state index is -0.192. The average molecular weight is 222 g/mol. The molecule has 5 nitrogen and oxygen atoms in total. The van der Waals surface area contributed by atoms with Gasteiger partial charge < -0.3 is 15.5 Å². The molecule has 88 valence electrons. The van der Waals surface area contributed by atoms with E-state index in [4.69, 9.17) is 10.2 Å². The van der Waals surface area contributed by atoms with Crippen LogP contribution in [-0.2, 0) is 0 Å². The Morgan fingerprint density at radius 2 is 2.25 bits per heavy atom. The van der Waals surface area contributed by atoms with Gasteiger partial charge in [0.05, 0.1) is 6.04 Å². The van der Waals surface area contributed by atoms with E-state index in [2.05, 4.69) is 15.5 Å². The summed E-state index contributed by atoms with van der Waals surface area (Å²) in [6.07, 6.45) is 5.36. The maximum atomic E-state index is 5.67. The molecular weight excluding hydrogens is 204 g/mol. The molecule has 3 N–H and O–H groups in total. The average Bonchev–Trinajstić information content (AvgIpc) is 2.91. The van der Waals surface area contributed by atoms with Crippen LogP contribution in [0.15, 0.2) is 4.42 Å². The van der Waals surface area contributed by atoms with E-state index in [0.717, 1.165) is 11.8 Å². The highest BCUT2D eigenvalue weighted by Gasteiger charge is 2.40. The molecule has 5 heteroatoms. The van der Waals surface area contributed by atoms with Gasteiger partial charge in [0.1, 0.15) is 0 Å². The van der Waals surface area contributed by atoms with Crippen molar-refractivity contribution in [3.8, 4) is 0 Å². The number of nitrogens with two attached hydrogens (primary N) is 1. The van der Waals surface area contributed by atoms with Crippen molar-refractivity contribution in [1.82, 2.24) is 10.2 Å². The Hall–Kier alpha value is -1.10. The van der Waals surface area contributed by atoms with E-state index in [1.54, 1.807) is 0 Å². The Morgan fingerprint density at radius 3 is 2.81 bits per heavy atom. The predicted octanol–water partition coefficient (Wildman–Crippen LogP) is 1.69. The molecule has 1 aromatic heterocycles. The van der Waals surface area contributed by atoms with Crippen molar-refractivity contribution in [3.63, 3.8) is 0 Å². The summed E-state index contributed by atoms with van der Waals surface area (Å²) in [5, 5.41) is 11.2. The topological polar surface area (TPSA) is 77.0 Å². The summed E-state index contributed by atoms with van der Waals surface area (Å²) < 4.78 is 5.46. The van der Waals surface area contributed by atoms with Crippen LogP contribution in [0, 0.1) is 11.8 Å². The van der Waals surface area contributed by atoms with Crippen LogP contribution in [0.1, 0.15) is 44.5 Å². The lowest BCUT2D eigenvalue weighted by Crippen LogP contribution is -2.25. The normalized spacial score (nSPS) is 34.2. The molecule has 16 heavy (non-hydrogen) atoms. The number of aromatic nitrogens is 2. The number of nitrogens with one attached hydrogen (secondary N) is 1. The van der Waals surface area contributed by atoms with Crippen LogP contribution in [0.5, 0.6) is 0 Å². The lowest BCUT2D eigenvalue weighted by Gasteiger charge is -2.21. The van der Waals surface area contributed by atoms with E-state index in [-0.39, 0.29) is 6.04 Å². The lowest BCUT2D eigenvalue weighted by atomic mass is 9.96. The van der Waals surface area contributed by atoms with E-state index in [1.807, 2.05) is 6.92 Å². The van der Waals surface area contributed by atoms with Gasteiger partial charge in [0, 0.05) is 6.04 Å². The van der Waals surface area contributed by atoms with Gasteiger partial charge in [-0.25, -0.2) is 0 Å². The molecule has 4 unspecified atom stereocenters. The molecule has 2 aliphatic carbocycles.